The van der Waals surface area contributed by atoms with Crippen LogP contribution in [0.3, 0.4) is 0 Å². The first kappa shape index (κ1) is 35.1. The van der Waals surface area contributed by atoms with Crippen molar-refractivity contribution in [1.82, 2.24) is 14.9 Å². The van der Waals surface area contributed by atoms with E-state index in [1.807, 2.05) is 91.0 Å². The van der Waals surface area contributed by atoms with Crippen LogP contribution in [0.5, 0.6) is 11.5 Å². The normalized spacial score (nSPS) is 11.9. The van der Waals surface area contributed by atoms with E-state index in [2.05, 4.69) is 72.5 Å². The molecule has 0 radical (unpaired) electrons. The van der Waals surface area contributed by atoms with Gasteiger partial charge in [0.1, 0.15) is 29.5 Å². The SMILES string of the molecule is CCC(C)(C)COCC(C)(C)CN(C)CC=CC(=O)Nc1cccc(Nc2cc(Nc3ccc(Oc4ccccc4)cc3)ncn2)c1. The smallest absolute Gasteiger partial charge is 0.248 e. The maximum Gasteiger partial charge on any atom is 0.248 e. The Bertz CT molecular complexity index is 1590. The number of likely N-dealkylation sites (N-methyl/N-ethyl adjacent to an activating group) is 1. The third-order valence-corrected chi connectivity index (χ3v) is 7.50. The Hall–Kier alpha value is -4.73. The van der Waals surface area contributed by atoms with Gasteiger partial charge in [0.05, 0.1) is 13.2 Å². The highest BCUT2D eigenvalue weighted by atomic mass is 16.5. The van der Waals surface area contributed by atoms with Crippen molar-refractivity contribution in [2.24, 2.45) is 10.8 Å². The molecule has 0 aliphatic rings. The summed E-state index contributed by atoms with van der Waals surface area (Å²) in [6.45, 7) is 14.0. The van der Waals surface area contributed by atoms with Crippen LogP contribution < -0.4 is 20.7 Å². The topological polar surface area (TPSA) is 101 Å². The van der Waals surface area contributed by atoms with Crippen LogP contribution in [0, 0.1) is 10.8 Å². The summed E-state index contributed by atoms with van der Waals surface area (Å²) in [6, 6.07) is 26.6. The number of para-hydroxylation sites is 1. The number of rotatable bonds is 17. The predicted octanol–water partition coefficient (Wildman–Crippen LogP) is 8.66. The van der Waals surface area contributed by atoms with E-state index in [0.717, 1.165) is 42.4 Å². The zero-order chi connectivity index (χ0) is 33.7. The van der Waals surface area contributed by atoms with Crippen molar-refractivity contribution >= 4 is 34.6 Å². The van der Waals surface area contributed by atoms with Crippen molar-refractivity contribution in [2.45, 2.75) is 41.0 Å². The number of nitrogens with zero attached hydrogens (tertiary/aromatic N) is 3. The molecule has 0 spiro atoms. The lowest BCUT2D eigenvalue weighted by Crippen LogP contribution is -2.36. The zero-order valence-corrected chi connectivity index (χ0v) is 28.4. The summed E-state index contributed by atoms with van der Waals surface area (Å²) >= 11 is 0. The number of anilines is 5. The third kappa shape index (κ3) is 12.5. The van der Waals surface area contributed by atoms with Gasteiger partial charge >= 0.3 is 0 Å². The van der Waals surface area contributed by atoms with Crippen LogP contribution in [0.15, 0.2) is 103 Å². The number of aromatic nitrogens is 2. The monoisotopic (exact) mass is 636 g/mol. The van der Waals surface area contributed by atoms with E-state index < -0.39 is 0 Å². The highest BCUT2D eigenvalue weighted by molar-refractivity contribution is 5.99. The molecule has 0 aliphatic carbocycles. The van der Waals surface area contributed by atoms with E-state index in [9.17, 15) is 4.79 Å². The lowest BCUT2D eigenvalue weighted by atomic mass is 9.91. The Morgan fingerprint density at radius 2 is 1.43 bits per heavy atom. The molecule has 3 aromatic carbocycles. The fraction of sp³-hybridized carbons (Fsp3) is 0.342. The second-order valence-corrected chi connectivity index (χ2v) is 13.3. The third-order valence-electron chi connectivity index (χ3n) is 7.50. The Morgan fingerprint density at radius 1 is 0.787 bits per heavy atom. The molecule has 3 N–H and O–H groups in total. The quantitative estimate of drug-likeness (QED) is 0.0991. The van der Waals surface area contributed by atoms with Gasteiger partial charge in [0, 0.05) is 47.7 Å². The van der Waals surface area contributed by atoms with Gasteiger partial charge in [0.15, 0.2) is 0 Å². The van der Waals surface area contributed by atoms with Crippen molar-refractivity contribution in [1.29, 1.82) is 0 Å². The molecule has 0 aliphatic heterocycles. The fourth-order valence-corrected chi connectivity index (χ4v) is 4.77. The summed E-state index contributed by atoms with van der Waals surface area (Å²) in [4.78, 5) is 23.5. The summed E-state index contributed by atoms with van der Waals surface area (Å²) in [5, 5.41) is 9.52. The Labute approximate surface area is 279 Å². The number of carbonyl (C=O) groups is 1. The number of amides is 1. The number of hydrogen-bond acceptors (Lipinski definition) is 8. The summed E-state index contributed by atoms with van der Waals surface area (Å²) in [5.74, 6) is 2.59. The van der Waals surface area contributed by atoms with Gasteiger partial charge in [-0.25, -0.2) is 9.97 Å². The van der Waals surface area contributed by atoms with Crippen LogP contribution in [0.2, 0.25) is 0 Å². The molecule has 9 nitrogen and oxygen atoms in total. The molecule has 47 heavy (non-hydrogen) atoms. The van der Waals surface area contributed by atoms with Crippen LogP contribution in [0.4, 0.5) is 28.7 Å². The van der Waals surface area contributed by atoms with E-state index >= 15 is 0 Å². The van der Waals surface area contributed by atoms with E-state index in [4.69, 9.17) is 9.47 Å². The molecule has 4 aromatic rings. The van der Waals surface area contributed by atoms with Crippen LogP contribution in [0.1, 0.15) is 41.0 Å². The lowest BCUT2D eigenvalue weighted by molar-refractivity contribution is -0.111. The van der Waals surface area contributed by atoms with Crippen molar-refractivity contribution in [3.05, 3.63) is 103 Å². The zero-order valence-electron chi connectivity index (χ0n) is 28.4. The maximum absolute atomic E-state index is 12.6. The molecule has 1 amide bonds. The minimum Gasteiger partial charge on any atom is -0.457 e. The predicted molar refractivity (Wildman–Crippen MR) is 192 cm³/mol. The van der Waals surface area contributed by atoms with Crippen molar-refractivity contribution < 1.29 is 14.3 Å². The van der Waals surface area contributed by atoms with Crippen LogP contribution in [-0.2, 0) is 9.53 Å². The minimum absolute atomic E-state index is 0.00624. The van der Waals surface area contributed by atoms with E-state index in [1.54, 1.807) is 6.08 Å². The molecule has 0 atom stereocenters. The minimum atomic E-state index is -0.186. The second-order valence-electron chi connectivity index (χ2n) is 13.3. The van der Waals surface area contributed by atoms with Crippen LogP contribution in [-0.4, -0.2) is 54.1 Å². The van der Waals surface area contributed by atoms with Crippen LogP contribution in [0.25, 0.3) is 0 Å². The Morgan fingerprint density at radius 3 is 2.13 bits per heavy atom. The summed E-state index contributed by atoms with van der Waals surface area (Å²) in [7, 11) is 2.06. The summed E-state index contributed by atoms with van der Waals surface area (Å²) in [5.41, 5.74) is 2.52. The average molecular weight is 637 g/mol. The largest absolute Gasteiger partial charge is 0.457 e. The molecule has 1 heterocycles. The Balaban J connectivity index is 1.24. The van der Waals surface area contributed by atoms with E-state index in [0.29, 0.717) is 30.5 Å². The molecule has 0 unspecified atom stereocenters. The molecule has 0 saturated carbocycles. The van der Waals surface area contributed by atoms with Gasteiger partial charge in [-0.1, -0.05) is 65.0 Å². The number of benzene rings is 3. The number of ether oxygens (including phenoxy) is 2. The van der Waals surface area contributed by atoms with Gasteiger partial charge in [0.2, 0.25) is 5.91 Å². The van der Waals surface area contributed by atoms with Gasteiger partial charge in [-0.3, -0.25) is 4.79 Å². The van der Waals surface area contributed by atoms with Gasteiger partial charge in [0.25, 0.3) is 0 Å². The lowest BCUT2D eigenvalue weighted by Gasteiger charge is -2.31. The van der Waals surface area contributed by atoms with Gasteiger partial charge < -0.3 is 30.3 Å². The molecule has 0 fully saturated rings. The van der Waals surface area contributed by atoms with Gasteiger partial charge in [-0.15, -0.1) is 0 Å². The molecule has 1 aromatic heterocycles. The summed E-state index contributed by atoms with van der Waals surface area (Å²) < 4.78 is 11.9. The van der Waals surface area contributed by atoms with Crippen molar-refractivity contribution in [3.8, 4) is 11.5 Å². The van der Waals surface area contributed by atoms with Crippen molar-refractivity contribution in [3.63, 3.8) is 0 Å². The highest BCUT2D eigenvalue weighted by Gasteiger charge is 2.22. The first-order valence-corrected chi connectivity index (χ1v) is 16.0. The standard InChI is InChI=1S/C38H48N6O3/c1-7-37(2,3)26-46-27-38(4,5)25-44(6)22-12-17-36(45)43-31-14-11-13-30(23-31)42-35-24-34(39-28-40-35)41-29-18-20-33(21-19-29)47-32-15-9-8-10-16-32/h8-21,23-24,28H,7,22,25-27H2,1-6H3,(H,43,45)(H2,39,40,41,42). The fourth-order valence-electron chi connectivity index (χ4n) is 4.77. The average Bonchev–Trinajstić information content (AvgIpc) is 3.02. The summed E-state index contributed by atoms with van der Waals surface area (Å²) in [6.07, 6.45) is 6.04. The molecule has 0 bridgehead atoms. The number of nitrogens with one attached hydrogen (secondary N) is 3. The maximum atomic E-state index is 12.6. The molecular weight excluding hydrogens is 588 g/mol. The number of carbonyl (C=O) groups excluding carboxylic acids is 1. The molecule has 248 valence electrons. The number of hydrogen-bond donors (Lipinski definition) is 3. The van der Waals surface area contributed by atoms with Gasteiger partial charge in [-0.05, 0) is 73.5 Å². The molecule has 0 saturated heterocycles. The second kappa shape index (κ2) is 16.7. The van der Waals surface area contributed by atoms with Crippen LogP contribution >= 0.6 is 0 Å². The van der Waals surface area contributed by atoms with E-state index in [1.165, 1.54) is 6.33 Å². The van der Waals surface area contributed by atoms with Gasteiger partial charge in [-0.2, -0.15) is 0 Å². The molecule has 4 rings (SSSR count). The molecule has 9 heteroatoms. The first-order valence-electron chi connectivity index (χ1n) is 16.0. The Kier molecular flexibility index (Phi) is 12.5. The highest BCUT2D eigenvalue weighted by Crippen LogP contribution is 2.26. The first-order chi connectivity index (χ1) is 22.5. The molecular formula is C38H48N6O3. The van der Waals surface area contributed by atoms with E-state index in [-0.39, 0.29) is 16.7 Å². The van der Waals surface area contributed by atoms with Crippen molar-refractivity contribution in [2.75, 3.05) is 49.3 Å².